The van der Waals surface area contributed by atoms with E-state index in [1.165, 1.54) is 13.8 Å². The van der Waals surface area contributed by atoms with Crippen LogP contribution in [0.3, 0.4) is 0 Å². The van der Waals surface area contributed by atoms with E-state index in [4.69, 9.17) is 28.4 Å². The molecule has 1 unspecified atom stereocenters. The smallest absolute Gasteiger partial charge is 0.394 e. The molecule has 2 fully saturated rings. The molecule has 0 aliphatic carbocycles. The molecule has 0 bridgehead atoms. The zero-order valence-corrected chi connectivity index (χ0v) is 19.2. The van der Waals surface area contributed by atoms with Crippen LogP contribution < -0.4 is 0 Å². The van der Waals surface area contributed by atoms with Crippen LogP contribution in [0, 0.1) is 0 Å². The lowest BCUT2D eigenvalue weighted by Crippen LogP contribution is -2.59. The molecule has 10 N–H and O–H groups in total. The Balaban J connectivity index is 2.10. The maximum atomic E-state index is 12.4. The third-order valence-corrected chi connectivity index (χ3v) is 6.52. The minimum absolute atomic E-state index is 0.955. The Bertz CT molecular complexity index is 684. The molecule has 0 radical (unpaired) electrons. The van der Waals surface area contributed by atoms with Crippen molar-refractivity contribution >= 4 is 7.82 Å². The Morgan fingerprint density at radius 3 is 2.09 bits per heavy atom. The zero-order chi connectivity index (χ0) is 26.0. The van der Waals surface area contributed by atoms with Crippen molar-refractivity contribution in [3.05, 3.63) is 0 Å². The minimum Gasteiger partial charge on any atom is -0.394 e. The van der Waals surface area contributed by atoms with Crippen LogP contribution in [0.4, 0.5) is 0 Å². The molecule has 2 aliphatic heterocycles. The zero-order valence-electron chi connectivity index (χ0n) is 18.3. The summed E-state index contributed by atoms with van der Waals surface area (Å²) in [5, 5.41) is 88.0. The molecule has 2 rings (SSSR count). The Labute approximate surface area is 194 Å². The van der Waals surface area contributed by atoms with Crippen LogP contribution in [0.15, 0.2) is 0 Å². The van der Waals surface area contributed by atoms with Crippen molar-refractivity contribution in [3.63, 3.8) is 0 Å². The van der Waals surface area contributed by atoms with E-state index >= 15 is 0 Å². The van der Waals surface area contributed by atoms with Gasteiger partial charge in [0.1, 0.15) is 54.9 Å². The van der Waals surface area contributed by atoms with Crippen molar-refractivity contribution in [1.29, 1.82) is 0 Å². The highest BCUT2D eigenvalue weighted by Crippen LogP contribution is 2.47. The summed E-state index contributed by atoms with van der Waals surface area (Å²) in [4.78, 5) is 10.1. The first kappa shape index (κ1) is 29.9. The molecule has 2 heterocycles. The predicted molar refractivity (Wildman–Crippen MR) is 106 cm³/mol. The van der Waals surface area contributed by atoms with E-state index in [0.29, 0.717) is 0 Å². The number of ether oxygens (including phenoxy) is 3. The topological polar surface area (TPSA) is 266 Å². The number of hydrogen-bond donors (Lipinski definition) is 10. The number of phosphoric acid groups is 1. The van der Waals surface area contributed by atoms with Gasteiger partial charge in [0.2, 0.25) is 0 Å². The molecule has 16 nitrogen and oxygen atoms in total. The normalized spacial score (nSPS) is 43.6. The lowest BCUT2D eigenvalue weighted by molar-refractivity contribution is -0.315. The first-order valence-corrected chi connectivity index (χ1v) is 11.9. The molecular formula is C17H33O16P. The minimum atomic E-state index is -5.08. The van der Waals surface area contributed by atoms with Gasteiger partial charge in [-0.25, -0.2) is 4.57 Å². The molecule has 0 aromatic carbocycles. The molecule has 0 amide bonds. The molecule has 2 saturated heterocycles. The second kappa shape index (κ2) is 12.2. The summed E-state index contributed by atoms with van der Waals surface area (Å²) in [7, 11) is -5.08. The maximum Gasteiger partial charge on any atom is 0.472 e. The highest BCUT2D eigenvalue weighted by Gasteiger charge is 2.47. The standard InChI is InChI=1S/C17H33O16P/c1-5-9(20)11(22)14(25)17(31-5)32-8(10(21)7(19)3-18)4-29-34(27,28)33-15-6(2)30-16(26)13(24)12(15)23/h5-26H,3-4H2,1-2H3,(H,27,28)/t5-,6-,7+,8+,9-,10+,11+,12-,13+,14+,15-,16+,17-/m0/s1. The molecule has 0 aromatic heterocycles. The fraction of sp³-hybridized carbons (Fsp3) is 1.00. The second-order valence-electron chi connectivity index (χ2n) is 8.14. The van der Waals surface area contributed by atoms with Crippen LogP contribution in [0.25, 0.3) is 0 Å². The Morgan fingerprint density at radius 2 is 1.50 bits per heavy atom. The lowest BCUT2D eigenvalue weighted by atomic mass is 10.00. The summed E-state index contributed by atoms with van der Waals surface area (Å²) < 4.78 is 37.5. The summed E-state index contributed by atoms with van der Waals surface area (Å²) in [5.74, 6) is 0. The number of aliphatic hydroxyl groups excluding tert-OH is 9. The summed E-state index contributed by atoms with van der Waals surface area (Å²) >= 11 is 0. The number of aliphatic hydroxyl groups is 9. The second-order valence-corrected chi connectivity index (χ2v) is 9.55. The quantitative estimate of drug-likeness (QED) is 0.120. The lowest BCUT2D eigenvalue weighted by Gasteiger charge is -2.41. The first-order chi connectivity index (χ1) is 15.7. The van der Waals surface area contributed by atoms with E-state index < -0.39 is 101 Å². The van der Waals surface area contributed by atoms with Gasteiger partial charge in [-0.2, -0.15) is 0 Å². The van der Waals surface area contributed by atoms with E-state index in [9.17, 15) is 50.3 Å². The Morgan fingerprint density at radius 1 is 0.882 bits per heavy atom. The maximum absolute atomic E-state index is 12.4. The predicted octanol–water partition coefficient (Wildman–Crippen LogP) is -5.13. The Kier molecular flexibility index (Phi) is 10.8. The van der Waals surface area contributed by atoms with Crippen LogP contribution in [0.1, 0.15) is 13.8 Å². The molecule has 0 aromatic rings. The number of rotatable bonds is 10. The fourth-order valence-corrected chi connectivity index (χ4v) is 4.39. The largest absolute Gasteiger partial charge is 0.472 e. The van der Waals surface area contributed by atoms with Crippen molar-refractivity contribution < 1.29 is 78.7 Å². The van der Waals surface area contributed by atoms with Crippen LogP contribution in [0.5, 0.6) is 0 Å². The van der Waals surface area contributed by atoms with Crippen molar-refractivity contribution in [2.24, 2.45) is 0 Å². The van der Waals surface area contributed by atoms with Gasteiger partial charge < -0.3 is 65.1 Å². The van der Waals surface area contributed by atoms with Gasteiger partial charge in [-0.15, -0.1) is 0 Å². The summed E-state index contributed by atoms with van der Waals surface area (Å²) in [6.07, 6.45) is -21.5. The summed E-state index contributed by atoms with van der Waals surface area (Å²) in [6.45, 7) is 0.664. The van der Waals surface area contributed by atoms with E-state index in [1.54, 1.807) is 0 Å². The monoisotopic (exact) mass is 524 g/mol. The van der Waals surface area contributed by atoms with Gasteiger partial charge in [-0.3, -0.25) is 9.05 Å². The van der Waals surface area contributed by atoms with Gasteiger partial charge in [-0.05, 0) is 13.8 Å². The van der Waals surface area contributed by atoms with E-state index in [2.05, 4.69) is 0 Å². The van der Waals surface area contributed by atoms with E-state index in [0.717, 1.165) is 0 Å². The van der Waals surface area contributed by atoms with Gasteiger partial charge in [0.25, 0.3) is 0 Å². The van der Waals surface area contributed by atoms with Crippen LogP contribution in [-0.2, 0) is 27.8 Å². The van der Waals surface area contributed by atoms with Gasteiger partial charge in [0.05, 0.1) is 25.4 Å². The molecule has 17 heteroatoms. The molecular weight excluding hydrogens is 491 g/mol. The van der Waals surface area contributed by atoms with Crippen molar-refractivity contribution in [2.45, 2.75) is 93.6 Å². The number of phosphoric ester groups is 1. The van der Waals surface area contributed by atoms with Gasteiger partial charge in [0, 0.05) is 0 Å². The van der Waals surface area contributed by atoms with Gasteiger partial charge in [-0.1, -0.05) is 0 Å². The van der Waals surface area contributed by atoms with E-state index in [1.807, 2.05) is 0 Å². The molecule has 0 saturated carbocycles. The van der Waals surface area contributed by atoms with Crippen molar-refractivity contribution in [3.8, 4) is 0 Å². The van der Waals surface area contributed by atoms with Crippen LogP contribution >= 0.6 is 7.82 Å². The third kappa shape index (κ3) is 7.10. The van der Waals surface area contributed by atoms with Gasteiger partial charge in [0.15, 0.2) is 12.6 Å². The number of hydrogen-bond acceptors (Lipinski definition) is 15. The van der Waals surface area contributed by atoms with Gasteiger partial charge >= 0.3 is 7.82 Å². The van der Waals surface area contributed by atoms with E-state index in [-0.39, 0.29) is 0 Å². The average molecular weight is 524 g/mol. The molecule has 0 spiro atoms. The average Bonchev–Trinajstić information content (AvgIpc) is 2.78. The highest BCUT2D eigenvalue weighted by molar-refractivity contribution is 7.47. The Hall–Kier alpha value is -0.370. The van der Waals surface area contributed by atoms with Crippen LogP contribution in [0.2, 0.25) is 0 Å². The third-order valence-electron chi connectivity index (χ3n) is 5.53. The highest BCUT2D eigenvalue weighted by atomic mass is 31.2. The summed E-state index contributed by atoms with van der Waals surface area (Å²) in [6, 6.07) is 0. The van der Waals surface area contributed by atoms with Crippen molar-refractivity contribution in [2.75, 3.05) is 13.2 Å². The molecule has 14 atom stereocenters. The molecule has 202 valence electrons. The van der Waals surface area contributed by atoms with Crippen molar-refractivity contribution in [1.82, 2.24) is 0 Å². The summed E-state index contributed by atoms with van der Waals surface area (Å²) in [5.41, 5.74) is 0. The first-order valence-electron chi connectivity index (χ1n) is 10.4. The van der Waals surface area contributed by atoms with Crippen LogP contribution in [-0.4, -0.2) is 144 Å². The molecule has 2 aliphatic rings. The SMILES string of the molecule is C[C@@H]1O[C@@H](O[C@H](COP(=O)(O)O[C@@H]2[C@@H](O)[C@@H](O)[C@H](O)O[C@H]2C)[C@H](O)[C@H](O)CO)[C@H](O)[C@H](O)[C@H]1O. The molecule has 34 heavy (non-hydrogen) atoms. The fourth-order valence-electron chi connectivity index (χ4n) is 3.39.